The summed E-state index contributed by atoms with van der Waals surface area (Å²) in [5, 5.41) is 5.39. The molecule has 1 aromatic rings. The first-order valence-electron chi connectivity index (χ1n) is 7.06. The predicted molar refractivity (Wildman–Crippen MR) is 90.4 cm³/mol. The number of hydrogen-bond acceptors (Lipinski definition) is 5. The van der Waals surface area contributed by atoms with E-state index in [1.165, 1.54) is 7.11 Å². The Morgan fingerprint density at radius 2 is 1.96 bits per heavy atom. The van der Waals surface area contributed by atoms with Gasteiger partial charge in [0.2, 0.25) is 0 Å². The molecular weight excluding hydrogens is 322 g/mol. The monoisotopic (exact) mass is 345 g/mol. The van der Waals surface area contributed by atoms with Gasteiger partial charge in [0.1, 0.15) is 0 Å². The van der Waals surface area contributed by atoms with Crippen molar-refractivity contribution in [2.75, 3.05) is 26.8 Å². The van der Waals surface area contributed by atoms with E-state index in [1.807, 2.05) is 13.8 Å². The molecule has 8 heteroatoms. The fraction of sp³-hybridized carbons (Fsp3) is 0.467. The van der Waals surface area contributed by atoms with Crippen molar-refractivity contribution in [3.05, 3.63) is 23.8 Å². The van der Waals surface area contributed by atoms with Gasteiger partial charge in [0.15, 0.2) is 18.1 Å². The van der Waals surface area contributed by atoms with Crippen molar-refractivity contribution >= 4 is 24.2 Å². The number of halogens is 1. The minimum atomic E-state index is -0.243. The highest BCUT2D eigenvalue weighted by atomic mass is 35.5. The molecule has 0 atom stereocenters. The smallest absolute Gasteiger partial charge is 0.258 e. The van der Waals surface area contributed by atoms with E-state index in [9.17, 15) is 9.59 Å². The zero-order chi connectivity index (χ0) is 16.5. The molecule has 0 bridgehead atoms. The lowest BCUT2D eigenvalue weighted by Gasteiger charge is -2.13. The number of ether oxygens (including phenoxy) is 2. The van der Waals surface area contributed by atoms with Gasteiger partial charge in [-0.25, -0.2) is 0 Å². The predicted octanol–water partition coefficient (Wildman–Crippen LogP) is 0.709. The molecule has 130 valence electrons. The second-order valence-corrected chi connectivity index (χ2v) is 4.92. The first kappa shape index (κ1) is 21.0. The van der Waals surface area contributed by atoms with Crippen molar-refractivity contribution in [3.63, 3.8) is 0 Å². The van der Waals surface area contributed by atoms with E-state index in [-0.39, 0.29) is 36.9 Å². The molecule has 0 saturated carbocycles. The van der Waals surface area contributed by atoms with Gasteiger partial charge < -0.3 is 25.8 Å². The fourth-order valence-corrected chi connectivity index (χ4v) is 1.72. The van der Waals surface area contributed by atoms with E-state index in [0.29, 0.717) is 30.2 Å². The van der Waals surface area contributed by atoms with Crippen molar-refractivity contribution in [1.29, 1.82) is 0 Å². The van der Waals surface area contributed by atoms with Gasteiger partial charge in [0, 0.05) is 24.7 Å². The number of amides is 2. The molecule has 0 aliphatic rings. The number of nitrogens with one attached hydrogen (secondary N) is 2. The van der Waals surface area contributed by atoms with Crippen molar-refractivity contribution < 1.29 is 19.1 Å². The Morgan fingerprint density at radius 1 is 1.26 bits per heavy atom. The van der Waals surface area contributed by atoms with Gasteiger partial charge in [-0.15, -0.1) is 12.4 Å². The molecular formula is C15H24ClN3O4. The molecule has 0 heterocycles. The lowest BCUT2D eigenvalue weighted by molar-refractivity contribution is -0.123. The van der Waals surface area contributed by atoms with E-state index in [1.54, 1.807) is 18.2 Å². The number of nitrogens with two attached hydrogens (primary N) is 1. The molecule has 0 aliphatic heterocycles. The lowest BCUT2D eigenvalue weighted by atomic mass is 10.2. The van der Waals surface area contributed by atoms with Crippen LogP contribution in [-0.2, 0) is 4.79 Å². The van der Waals surface area contributed by atoms with Crippen LogP contribution in [0.25, 0.3) is 0 Å². The first-order chi connectivity index (χ1) is 10.5. The van der Waals surface area contributed by atoms with Crippen LogP contribution in [0, 0.1) is 0 Å². The van der Waals surface area contributed by atoms with Crippen LogP contribution in [0.5, 0.6) is 11.5 Å². The van der Waals surface area contributed by atoms with Crippen LogP contribution in [0.3, 0.4) is 0 Å². The molecule has 4 N–H and O–H groups in total. The summed E-state index contributed by atoms with van der Waals surface area (Å²) in [7, 11) is 1.47. The first-order valence-corrected chi connectivity index (χ1v) is 7.06. The zero-order valence-corrected chi connectivity index (χ0v) is 14.4. The fourth-order valence-electron chi connectivity index (χ4n) is 1.72. The second-order valence-electron chi connectivity index (χ2n) is 4.92. The van der Waals surface area contributed by atoms with Crippen molar-refractivity contribution in [1.82, 2.24) is 10.6 Å². The maximum Gasteiger partial charge on any atom is 0.258 e. The summed E-state index contributed by atoms with van der Waals surface area (Å²) in [6.45, 7) is 4.39. The molecule has 0 spiro atoms. The Morgan fingerprint density at radius 3 is 2.52 bits per heavy atom. The van der Waals surface area contributed by atoms with Gasteiger partial charge in [0.05, 0.1) is 7.11 Å². The summed E-state index contributed by atoms with van der Waals surface area (Å²) < 4.78 is 10.6. The number of benzene rings is 1. The minimum Gasteiger partial charge on any atom is -0.493 e. The second kappa shape index (κ2) is 10.7. The maximum absolute atomic E-state index is 11.8. The highest BCUT2D eigenvalue weighted by molar-refractivity contribution is 5.94. The van der Waals surface area contributed by atoms with Crippen LogP contribution in [0.2, 0.25) is 0 Å². The Balaban J connectivity index is 0.00000484. The number of carbonyl (C=O) groups is 2. The van der Waals surface area contributed by atoms with Gasteiger partial charge in [-0.2, -0.15) is 0 Å². The minimum absolute atomic E-state index is 0. The molecule has 2 amide bonds. The Hall–Kier alpha value is -1.99. The molecule has 23 heavy (non-hydrogen) atoms. The molecule has 0 unspecified atom stereocenters. The van der Waals surface area contributed by atoms with Crippen molar-refractivity contribution in [2.45, 2.75) is 19.9 Å². The van der Waals surface area contributed by atoms with Gasteiger partial charge in [-0.1, -0.05) is 0 Å². The number of rotatable bonds is 8. The zero-order valence-electron chi connectivity index (χ0n) is 13.5. The third-order valence-corrected chi connectivity index (χ3v) is 2.66. The van der Waals surface area contributed by atoms with Gasteiger partial charge in [-0.3, -0.25) is 9.59 Å². The normalized spacial score (nSPS) is 9.78. The highest BCUT2D eigenvalue weighted by Gasteiger charge is 2.12. The van der Waals surface area contributed by atoms with Crippen LogP contribution >= 0.6 is 12.4 Å². The number of carbonyl (C=O) groups excluding carboxylic acids is 2. The molecule has 1 rings (SSSR count). The Kier molecular flexibility index (Phi) is 9.76. The Bertz CT molecular complexity index is 523. The summed E-state index contributed by atoms with van der Waals surface area (Å²) in [5.41, 5.74) is 5.77. The van der Waals surface area contributed by atoms with E-state index in [2.05, 4.69) is 10.6 Å². The Labute approximate surface area is 142 Å². The molecule has 7 nitrogen and oxygen atoms in total. The van der Waals surface area contributed by atoms with E-state index >= 15 is 0 Å². The van der Waals surface area contributed by atoms with Gasteiger partial charge >= 0.3 is 0 Å². The molecule has 0 radical (unpaired) electrons. The van der Waals surface area contributed by atoms with Crippen molar-refractivity contribution in [2.24, 2.45) is 5.73 Å². The van der Waals surface area contributed by atoms with E-state index < -0.39 is 0 Å². The quantitative estimate of drug-likeness (QED) is 0.644. The maximum atomic E-state index is 11.8. The molecule has 0 aliphatic carbocycles. The van der Waals surface area contributed by atoms with E-state index in [0.717, 1.165) is 0 Å². The summed E-state index contributed by atoms with van der Waals surface area (Å²) in [4.78, 5) is 23.4. The summed E-state index contributed by atoms with van der Waals surface area (Å²) >= 11 is 0. The van der Waals surface area contributed by atoms with Crippen LogP contribution in [0.1, 0.15) is 24.2 Å². The summed E-state index contributed by atoms with van der Waals surface area (Å²) in [6, 6.07) is 4.80. The lowest BCUT2D eigenvalue weighted by Crippen LogP contribution is -2.34. The topological polar surface area (TPSA) is 103 Å². The average molecular weight is 346 g/mol. The molecule has 0 saturated heterocycles. The summed E-state index contributed by atoms with van der Waals surface area (Å²) in [5.74, 6) is 0.323. The van der Waals surface area contributed by atoms with Crippen molar-refractivity contribution in [3.8, 4) is 11.5 Å². The SMILES string of the molecule is COc1cc(C(=O)NCCN)ccc1OCC(=O)NC(C)C.Cl. The van der Waals surface area contributed by atoms with Crippen LogP contribution < -0.4 is 25.8 Å². The average Bonchev–Trinajstić information content (AvgIpc) is 2.49. The van der Waals surface area contributed by atoms with Gasteiger partial charge in [0.25, 0.3) is 11.8 Å². The molecule has 1 aromatic carbocycles. The van der Waals surface area contributed by atoms with Gasteiger partial charge in [-0.05, 0) is 32.0 Å². The largest absolute Gasteiger partial charge is 0.493 e. The van der Waals surface area contributed by atoms with Crippen LogP contribution in [0.15, 0.2) is 18.2 Å². The standard InChI is InChI=1S/C15H23N3O4.ClH/c1-10(2)18-14(19)9-22-12-5-4-11(8-13(12)21-3)15(20)17-7-6-16;/h4-5,8,10H,6-7,9,16H2,1-3H3,(H,17,20)(H,18,19);1H. The molecule has 0 fully saturated rings. The third kappa shape index (κ3) is 7.21. The molecule has 0 aromatic heterocycles. The number of hydrogen-bond donors (Lipinski definition) is 3. The highest BCUT2D eigenvalue weighted by Crippen LogP contribution is 2.28. The summed E-state index contributed by atoms with van der Waals surface area (Å²) in [6.07, 6.45) is 0. The van der Waals surface area contributed by atoms with Crippen LogP contribution in [-0.4, -0.2) is 44.7 Å². The van der Waals surface area contributed by atoms with E-state index in [4.69, 9.17) is 15.2 Å². The number of methoxy groups -OCH3 is 1. The van der Waals surface area contributed by atoms with Crippen LogP contribution in [0.4, 0.5) is 0 Å². The third-order valence-electron chi connectivity index (χ3n) is 2.66.